The molecule has 0 aromatic heterocycles. The molecule has 0 aliphatic carbocycles. The lowest BCUT2D eigenvalue weighted by atomic mass is 10.1. The second kappa shape index (κ2) is 7.12. The molecular weight excluding hydrogens is 311 g/mol. The van der Waals surface area contributed by atoms with E-state index >= 15 is 0 Å². The van der Waals surface area contributed by atoms with Crippen molar-refractivity contribution in [1.82, 2.24) is 0 Å². The maximum Gasteiger partial charge on any atom is 0.265 e. The molecule has 0 saturated heterocycles. The number of benzene rings is 1. The Morgan fingerprint density at radius 2 is 2.00 bits per heavy atom. The number of methoxy groups -OCH3 is 1. The maximum absolute atomic E-state index is 11.9. The highest BCUT2D eigenvalue weighted by Gasteiger charge is 2.19. The van der Waals surface area contributed by atoms with Gasteiger partial charge in [0, 0.05) is 28.5 Å². The third-order valence-electron chi connectivity index (χ3n) is 2.54. The van der Waals surface area contributed by atoms with E-state index in [1.54, 1.807) is 0 Å². The molecule has 0 N–H and O–H groups in total. The molecule has 0 fully saturated rings. The molecule has 0 aliphatic rings. The minimum Gasteiger partial charge on any atom is -0.495 e. The van der Waals surface area contributed by atoms with Gasteiger partial charge in [-0.15, -0.1) is 11.6 Å². The van der Waals surface area contributed by atoms with Crippen LogP contribution in [0.4, 0.5) is 0 Å². The molecule has 0 heterocycles. The molecule has 19 heavy (non-hydrogen) atoms. The number of carbonyl (C=O) groups is 1. The highest BCUT2D eigenvalue weighted by molar-refractivity contribution is 8.13. The van der Waals surface area contributed by atoms with Crippen molar-refractivity contribution in [2.75, 3.05) is 13.0 Å². The van der Waals surface area contributed by atoms with Crippen LogP contribution in [0.2, 0.25) is 0 Å². The molecule has 106 valence electrons. The third-order valence-corrected chi connectivity index (χ3v) is 4.15. The third kappa shape index (κ3) is 4.67. The van der Waals surface area contributed by atoms with E-state index in [0.29, 0.717) is 24.3 Å². The van der Waals surface area contributed by atoms with Gasteiger partial charge >= 0.3 is 0 Å². The zero-order valence-corrected chi connectivity index (χ0v) is 12.7. The van der Waals surface area contributed by atoms with Crippen molar-refractivity contribution in [2.45, 2.75) is 24.2 Å². The van der Waals surface area contributed by atoms with Crippen LogP contribution in [0.25, 0.3) is 0 Å². The average molecular weight is 325 g/mol. The zero-order valence-electron chi connectivity index (χ0n) is 10.4. The summed E-state index contributed by atoms with van der Waals surface area (Å²) in [5, 5.41) is 0. The summed E-state index contributed by atoms with van der Waals surface area (Å²) in [6, 6.07) is 4.18. The fourth-order valence-electron chi connectivity index (χ4n) is 1.57. The summed E-state index contributed by atoms with van der Waals surface area (Å²) < 4.78 is 27.7. The van der Waals surface area contributed by atoms with E-state index in [9.17, 15) is 13.2 Å². The number of rotatable bonds is 7. The monoisotopic (exact) mass is 324 g/mol. The van der Waals surface area contributed by atoms with Gasteiger partial charge in [-0.25, -0.2) is 8.42 Å². The Morgan fingerprint density at radius 1 is 1.32 bits per heavy atom. The van der Waals surface area contributed by atoms with E-state index in [2.05, 4.69) is 0 Å². The van der Waals surface area contributed by atoms with Crippen LogP contribution in [-0.2, 0) is 9.05 Å². The summed E-state index contributed by atoms with van der Waals surface area (Å²) in [7, 11) is 2.69. The van der Waals surface area contributed by atoms with E-state index in [1.807, 2.05) is 0 Å². The first-order valence-corrected chi connectivity index (χ1v) is 8.46. The number of Topliss-reactive ketones (excluding diaryl/α,β-unsaturated/α-hetero) is 1. The summed E-state index contributed by atoms with van der Waals surface area (Å²) in [4.78, 5) is 11.7. The fraction of sp³-hybridized carbons (Fsp3) is 0.417. The van der Waals surface area contributed by atoms with Gasteiger partial charge in [-0.2, -0.15) is 0 Å². The van der Waals surface area contributed by atoms with Crippen molar-refractivity contribution in [3.63, 3.8) is 0 Å². The summed E-state index contributed by atoms with van der Waals surface area (Å²) >= 11 is 5.53. The average Bonchev–Trinajstić information content (AvgIpc) is 2.37. The molecule has 0 aliphatic heterocycles. The predicted molar refractivity (Wildman–Crippen MR) is 74.9 cm³/mol. The van der Waals surface area contributed by atoms with Gasteiger partial charge in [0.1, 0.15) is 10.6 Å². The number of ether oxygens (including phenoxy) is 1. The lowest BCUT2D eigenvalue weighted by Gasteiger charge is -2.07. The van der Waals surface area contributed by atoms with Gasteiger partial charge < -0.3 is 4.74 Å². The predicted octanol–water partition coefficient (Wildman–Crippen LogP) is 3.21. The summed E-state index contributed by atoms with van der Waals surface area (Å²) in [6.45, 7) is 0. The van der Waals surface area contributed by atoms with Crippen molar-refractivity contribution in [3.05, 3.63) is 23.8 Å². The van der Waals surface area contributed by atoms with E-state index < -0.39 is 9.05 Å². The number of halogens is 2. The fourth-order valence-corrected chi connectivity index (χ4v) is 2.78. The van der Waals surface area contributed by atoms with Gasteiger partial charge in [-0.05, 0) is 31.0 Å². The molecule has 7 heteroatoms. The number of carbonyl (C=O) groups excluding carboxylic acids is 1. The van der Waals surface area contributed by atoms with Crippen LogP contribution < -0.4 is 4.74 Å². The SMILES string of the molecule is COc1ccc(C(=O)CCCCCl)cc1S(=O)(=O)Cl. The molecule has 0 amide bonds. The lowest BCUT2D eigenvalue weighted by molar-refractivity contribution is 0.0979. The van der Waals surface area contributed by atoms with Crippen molar-refractivity contribution < 1.29 is 17.9 Å². The molecule has 0 radical (unpaired) electrons. The lowest BCUT2D eigenvalue weighted by Crippen LogP contribution is -2.03. The van der Waals surface area contributed by atoms with Crippen LogP contribution in [0.15, 0.2) is 23.1 Å². The van der Waals surface area contributed by atoms with Crippen LogP contribution in [0, 0.1) is 0 Å². The van der Waals surface area contributed by atoms with Crippen LogP contribution in [0.5, 0.6) is 5.75 Å². The largest absolute Gasteiger partial charge is 0.495 e. The topological polar surface area (TPSA) is 60.4 Å². The number of ketones is 1. The van der Waals surface area contributed by atoms with Crippen molar-refractivity contribution >= 4 is 37.1 Å². The summed E-state index contributed by atoms with van der Waals surface area (Å²) in [5.74, 6) is 0.471. The highest BCUT2D eigenvalue weighted by atomic mass is 35.7. The van der Waals surface area contributed by atoms with Gasteiger partial charge in [0.15, 0.2) is 5.78 Å². The molecule has 1 aromatic rings. The molecule has 1 aromatic carbocycles. The Bertz CT molecular complexity index is 555. The number of hydrogen-bond acceptors (Lipinski definition) is 4. The minimum atomic E-state index is -3.95. The summed E-state index contributed by atoms with van der Waals surface area (Å²) in [5.41, 5.74) is 0.301. The first-order valence-electron chi connectivity index (χ1n) is 5.62. The van der Waals surface area contributed by atoms with Crippen molar-refractivity contribution in [3.8, 4) is 5.75 Å². The van der Waals surface area contributed by atoms with Crippen molar-refractivity contribution in [1.29, 1.82) is 0 Å². The minimum absolute atomic E-state index is 0.118. The number of alkyl halides is 1. The van der Waals surface area contributed by atoms with E-state index in [-0.39, 0.29) is 16.4 Å². The molecule has 0 atom stereocenters. The second-order valence-electron chi connectivity index (χ2n) is 3.87. The molecule has 0 saturated carbocycles. The van der Waals surface area contributed by atoms with E-state index in [0.717, 1.165) is 6.42 Å². The van der Waals surface area contributed by atoms with Crippen LogP contribution >= 0.6 is 22.3 Å². The zero-order chi connectivity index (χ0) is 14.5. The highest BCUT2D eigenvalue weighted by Crippen LogP contribution is 2.28. The van der Waals surface area contributed by atoms with Gasteiger partial charge in [0.25, 0.3) is 9.05 Å². The van der Waals surface area contributed by atoms with E-state index in [1.165, 1.54) is 25.3 Å². The number of hydrogen-bond donors (Lipinski definition) is 0. The second-order valence-corrected chi connectivity index (χ2v) is 6.79. The molecule has 4 nitrogen and oxygen atoms in total. The first-order chi connectivity index (χ1) is 8.90. The standard InChI is InChI=1S/C12H14Cl2O4S/c1-18-11-6-5-9(8-12(11)19(14,16)17)10(15)4-2-3-7-13/h5-6,8H,2-4,7H2,1H3. The Balaban J connectivity index is 3.02. The molecule has 0 bridgehead atoms. The quantitative estimate of drug-likeness (QED) is 0.334. The Hall–Kier alpha value is -0.780. The maximum atomic E-state index is 11.9. The number of unbranched alkanes of at least 4 members (excludes halogenated alkanes) is 1. The van der Waals surface area contributed by atoms with Crippen molar-refractivity contribution in [2.24, 2.45) is 0 Å². The van der Waals surface area contributed by atoms with Gasteiger partial charge in [0.2, 0.25) is 0 Å². The Labute approximate surface area is 122 Å². The molecule has 1 rings (SSSR count). The Morgan fingerprint density at radius 3 is 2.53 bits per heavy atom. The van der Waals surface area contributed by atoms with Gasteiger partial charge in [-0.1, -0.05) is 0 Å². The molecule has 0 spiro atoms. The Kier molecular flexibility index (Phi) is 6.10. The van der Waals surface area contributed by atoms with E-state index in [4.69, 9.17) is 27.0 Å². The first kappa shape index (κ1) is 16.3. The molecule has 0 unspecified atom stereocenters. The van der Waals surface area contributed by atoms with Gasteiger partial charge in [-0.3, -0.25) is 4.79 Å². The van der Waals surface area contributed by atoms with Gasteiger partial charge in [0.05, 0.1) is 7.11 Å². The molecular formula is C12H14Cl2O4S. The smallest absolute Gasteiger partial charge is 0.265 e. The normalized spacial score (nSPS) is 11.3. The summed E-state index contributed by atoms with van der Waals surface area (Å²) in [6.07, 6.45) is 1.72. The van der Waals surface area contributed by atoms with Crippen LogP contribution in [0.1, 0.15) is 29.6 Å². The van der Waals surface area contributed by atoms with Crippen LogP contribution in [0.3, 0.4) is 0 Å². The van der Waals surface area contributed by atoms with Crippen LogP contribution in [-0.4, -0.2) is 27.2 Å².